The number of benzene rings is 5. The molecule has 1 aliphatic rings. The zero-order valence-electron chi connectivity index (χ0n) is 45.5. The Balaban J connectivity index is 0. The number of unbranched alkanes of at least 4 members (excludes halogenated alkanes) is 1. The molecule has 1 saturated carbocycles. The van der Waals surface area contributed by atoms with Crippen LogP contribution in [0.1, 0.15) is 135 Å². The monoisotopic (exact) mass is 1210 g/mol. The van der Waals surface area contributed by atoms with Gasteiger partial charge in [-0.15, -0.1) is 12.6 Å². The van der Waals surface area contributed by atoms with Gasteiger partial charge in [0.1, 0.15) is 34.1 Å². The lowest BCUT2D eigenvalue weighted by molar-refractivity contribution is -0.139. The molecule has 0 spiro atoms. The smallest absolute Gasteiger partial charge is 0.371 e. The van der Waals surface area contributed by atoms with Crippen LogP contribution < -0.4 is 5.73 Å². The van der Waals surface area contributed by atoms with Crippen molar-refractivity contribution in [3.63, 3.8) is 0 Å². The van der Waals surface area contributed by atoms with Crippen molar-refractivity contribution >= 4 is 78.0 Å². The fourth-order valence-electron chi connectivity index (χ4n) is 6.16. The minimum atomic E-state index is -1.27. The molecule has 6 aromatic rings. The lowest BCUT2D eigenvalue weighted by Gasteiger charge is -2.04. The number of carboxylic acids is 10. The van der Waals surface area contributed by atoms with E-state index in [1.165, 1.54) is 98.7 Å². The standard InChI is InChI=1S/C9H10O2.C8H14O2.C7H7NO3.C7H6O4.C7H6O3.C7H6O2S.C6H10O4.C5H4O3.C2H4O2/c10-9(11)7-6-8-4-2-1-3-5-8;9-8(10)6-5-7-3-1-2-4-7;8-4-1-2-5(7(10)11)6(9)3-4;8-4-1-2-6(9)5(3-4)7(10)11;8-6-3-1-5(2-4-6)7(9)10;8-7(9)5-3-1-2-4-6(5)10;7-5(8)3-1-2-4-6(9)10;6-5(7)4-2-1-3-8-4;1-2(3)4/h1-5H,6-7H2,(H,10,11);7H,1-6H2,(H,9,10);1-3,9H,8H2,(H,10,11);1-3,8-9H,(H,10,11);1-4,8H,(H,9,10);1-4,10H,(H,8,9);1-4H2,(H,7,8)(H,9,10);1-3H,(H,6,7);1H3,(H,3,4). The number of aromatic carboxylic acids is 5. The summed E-state index contributed by atoms with van der Waals surface area (Å²) in [6.45, 7) is 1.08. The summed E-state index contributed by atoms with van der Waals surface area (Å²) in [6, 6.07) is 31.7. The number of nitrogen functional groups attached to an aromatic ring is 1. The fourth-order valence-corrected chi connectivity index (χ4v) is 6.41. The maximum atomic E-state index is 10.4. The molecule has 0 atom stereocenters. The number of rotatable bonds is 16. The van der Waals surface area contributed by atoms with E-state index in [0.29, 0.717) is 36.3 Å². The Labute approximate surface area is 491 Å². The van der Waals surface area contributed by atoms with E-state index in [1.54, 1.807) is 18.2 Å². The lowest BCUT2D eigenvalue weighted by atomic mass is 10.0. The van der Waals surface area contributed by atoms with Gasteiger partial charge in [-0.05, 0) is 116 Å². The maximum absolute atomic E-state index is 10.4. The molecule has 460 valence electrons. The van der Waals surface area contributed by atoms with Gasteiger partial charge >= 0.3 is 53.7 Å². The summed E-state index contributed by atoms with van der Waals surface area (Å²) < 4.78 is 4.50. The van der Waals surface area contributed by atoms with Crippen molar-refractivity contribution in [2.24, 2.45) is 5.92 Å². The molecule has 1 aliphatic carbocycles. The Bertz CT molecular complexity index is 2990. The predicted octanol–water partition coefficient (Wildman–Crippen LogP) is 9.76. The number of nitrogens with two attached hydrogens (primary N) is 1. The van der Waals surface area contributed by atoms with Crippen LogP contribution in [0.2, 0.25) is 0 Å². The molecule has 7 rings (SSSR count). The fraction of sp³-hybridized carbons (Fsp3) is 0.241. The van der Waals surface area contributed by atoms with Gasteiger partial charge in [0.25, 0.3) is 5.97 Å². The van der Waals surface area contributed by atoms with Crippen LogP contribution in [0.15, 0.2) is 143 Å². The molecule has 1 aromatic heterocycles. The average molecular weight is 1210 g/mol. The third kappa shape index (κ3) is 41.1. The van der Waals surface area contributed by atoms with Gasteiger partial charge in [0, 0.05) is 49.3 Å². The summed E-state index contributed by atoms with van der Waals surface area (Å²) >= 11 is 3.96. The Kier molecular flexibility index (Phi) is 39.7. The molecule has 0 aliphatic heterocycles. The maximum Gasteiger partial charge on any atom is 0.371 e. The summed E-state index contributed by atoms with van der Waals surface area (Å²) in [5, 5.41) is 118. The minimum Gasteiger partial charge on any atom is -0.508 e. The first-order valence-corrected chi connectivity index (χ1v) is 25.3. The Morgan fingerprint density at radius 3 is 1.35 bits per heavy atom. The Morgan fingerprint density at radius 2 is 0.965 bits per heavy atom. The van der Waals surface area contributed by atoms with Crippen molar-refractivity contribution in [2.75, 3.05) is 5.73 Å². The number of phenols is 4. The number of aliphatic carboxylic acids is 5. The largest absolute Gasteiger partial charge is 0.508 e. The number of hydrogen-bond acceptors (Lipinski definition) is 17. The summed E-state index contributed by atoms with van der Waals surface area (Å²) in [6.07, 6.45) is 9.57. The number of carbonyl (C=O) groups is 10. The topological polar surface area (TPSA) is 493 Å². The first-order chi connectivity index (χ1) is 39.9. The number of anilines is 1. The summed E-state index contributed by atoms with van der Waals surface area (Å²) in [4.78, 5) is 101. The molecule has 0 bridgehead atoms. The van der Waals surface area contributed by atoms with Crippen LogP contribution in [-0.4, -0.2) is 131 Å². The first kappa shape index (κ1) is 76.5. The quantitative estimate of drug-likeness (QED) is 0.0185. The number of aryl methyl sites for hydroxylation is 1. The average Bonchev–Trinajstić information content (AvgIpc) is 4.36. The summed E-state index contributed by atoms with van der Waals surface area (Å²) in [5.74, 6) is -9.42. The number of phenolic OH excluding ortho intramolecular Hbond substituents is 2. The van der Waals surface area contributed by atoms with E-state index >= 15 is 0 Å². The van der Waals surface area contributed by atoms with E-state index in [4.69, 9.17) is 82.0 Å². The molecule has 0 radical (unpaired) electrons. The normalized spacial score (nSPS) is 10.4. The second-order valence-corrected chi connectivity index (χ2v) is 17.5. The van der Waals surface area contributed by atoms with Crippen molar-refractivity contribution in [3.8, 4) is 23.0 Å². The lowest BCUT2D eigenvalue weighted by Crippen LogP contribution is -1.99. The molecule has 26 nitrogen and oxygen atoms in total. The van der Waals surface area contributed by atoms with E-state index in [1.807, 2.05) is 30.3 Å². The Morgan fingerprint density at radius 1 is 0.482 bits per heavy atom. The first-order valence-electron chi connectivity index (χ1n) is 24.9. The molecular weight excluding hydrogens is 1140 g/mol. The van der Waals surface area contributed by atoms with Crippen molar-refractivity contribution in [2.45, 2.75) is 88.9 Å². The molecule has 16 N–H and O–H groups in total. The zero-order valence-corrected chi connectivity index (χ0v) is 46.4. The third-order valence-corrected chi connectivity index (χ3v) is 10.6. The van der Waals surface area contributed by atoms with Crippen LogP contribution in [0.5, 0.6) is 23.0 Å². The second-order valence-electron chi connectivity index (χ2n) is 17.0. The molecule has 85 heavy (non-hydrogen) atoms. The van der Waals surface area contributed by atoms with E-state index < -0.39 is 59.7 Å². The Hall–Kier alpha value is -10.6. The second kappa shape index (κ2) is 44.1. The van der Waals surface area contributed by atoms with Gasteiger partial charge in [0.2, 0.25) is 5.76 Å². The van der Waals surface area contributed by atoms with E-state index in [9.17, 15) is 43.2 Å². The molecule has 0 unspecified atom stereocenters. The van der Waals surface area contributed by atoms with Gasteiger partial charge in [-0.25, -0.2) is 24.0 Å². The molecule has 1 heterocycles. The van der Waals surface area contributed by atoms with Gasteiger partial charge in [0.05, 0.1) is 17.4 Å². The van der Waals surface area contributed by atoms with Crippen LogP contribution in [-0.2, 0) is 30.4 Å². The van der Waals surface area contributed by atoms with Crippen LogP contribution in [0, 0.1) is 5.92 Å². The number of furan rings is 1. The van der Waals surface area contributed by atoms with Gasteiger partial charge < -0.3 is 81.6 Å². The molecule has 5 aromatic carbocycles. The van der Waals surface area contributed by atoms with Gasteiger partial charge in [-0.3, -0.25) is 24.0 Å². The van der Waals surface area contributed by atoms with Crippen molar-refractivity contribution in [1.29, 1.82) is 0 Å². The highest BCUT2D eigenvalue weighted by Gasteiger charge is 2.15. The number of hydrogen-bond donors (Lipinski definition) is 16. The third-order valence-electron chi connectivity index (χ3n) is 10.2. The SMILES string of the molecule is CC(=O)O.Nc1ccc(C(=O)O)c(O)c1.O=C(O)CCC1CCCC1.O=C(O)CCCCC(=O)O.O=C(O)CCc1ccccc1.O=C(O)c1cc(O)ccc1O.O=C(O)c1ccc(O)cc1.O=C(O)c1ccccc1S.O=C(O)c1ccco1. The number of carboxylic acid groups (broad SMARTS) is 10. The van der Waals surface area contributed by atoms with Crippen molar-refractivity contribution in [3.05, 3.63) is 167 Å². The summed E-state index contributed by atoms with van der Waals surface area (Å²) in [7, 11) is 0. The van der Waals surface area contributed by atoms with Crippen LogP contribution in [0.3, 0.4) is 0 Å². The number of aromatic hydroxyl groups is 4. The zero-order chi connectivity index (χ0) is 65.0. The van der Waals surface area contributed by atoms with Gasteiger partial charge in [-0.1, -0.05) is 68.1 Å². The van der Waals surface area contributed by atoms with Crippen LogP contribution in [0.25, 0.3) is 0 Å². The molecule has 0 saturated heterocycles. The highest BCUT2D eigenvalue weighted by Crippen LogP contribution is 2.28. The van der Waals surface area contributed by atoms with Crippen molar-refractivity contribution < 1.29 is 124 Å². The molecule has 0 amide bonds. The van der Waals surface area contributed by atoms with Gasteiger partial charge in [-0.2, -0.15) is 0 Å². The van der Waals surface area contributed by atoms with E-state index in [-0.39, 0.29) is 70.3 Å². The minimum absolute atomic E-state index is 0.0231. The number of thiol groups is 1. The predicted molar refractivity (Wildman–Crippen MR) is 306 cm³/mol. The highest BCUT2D eigenvalue weighted by atomic mass is 32.1. The van der Waals surface area contributed by atoms with E-state index in [0.717, 1.165) is 37.0 Å². The summed E-state index contributed by atoms with van der Waals surface area (Å²) in [5.41, 5.74) is 6.67. The van der Waals surface area contributed by atoms with Crippen molar-refractivity contribution in [1.82, 2.24) is 0 Å². The molecule has 1 fully saturated rings. The highest BCUT2D eigenvalue weighted by molar-refractivity contribution is 7.80. The van der Waals surface area contributed by atoms with Gasteiger partial charge in [0.15, 0.2) is 0 Å². The molecular formula is C58H67NO25S. The van der Waals surface area contributed by atoms with E-state index in [2.05, 4.69) is 17.0 Å². The van der Waals surface area contributed by atoms with Crippen LogP contribution >= 0.6 is 12.6 Å². The molecule has 27 heteroatoms. The van der Waals surface area contributed by atoms with Crippen LogP contribution in [0.4, 0.5) is 5.69 Å².